The number of nitrogens with zero attached hydrogens (tertiary/aromatic N) is 1. The molecule has 0 aliphatic heterocycles. The van der Waals surface area contributed by atoms with E-state index < -0.39 is 13.9 Å². The maximum atomic E-state index is 10.4. The van der Waals surface area contributed by atoms with Gasteiger partial charge in [-0.15, -0.1) is 11.3 Å². The third-order valence-corrected chi connectivity index (χ3v) is 2.32. The summed E-state index contributed by atoms with van der Waals surface area (Å²) in [7, 11) is -4.07. The van der Waals surface area contributed by atoms with Gasteiger partial charge in [-0.05, 0) is 0 Å². The molecule has 4 N–H and O–H groups in total. The van der Waals surface area contributed by atoms with Crippen molar-refractivity contribution in [1.82, 2.24) is 4.98 Å². The van der Waals surface area contributed by atoms with Gasteiger partial charge in [0.1, 0.15) is 6.35 Å². The van der Waals surface area contributed by atoms with Gasteiger partial charge in [-0.1, -0.05) is 0 Å². The fraction of sp³-hybridized carbons (Fsp3) is 0.400. The molecule has 0 amide bonds. The highest BCUT2D eigenvalue weighted by atomic mass is 32.1. The average molecular weight is 224 g/mol. The van der Waals surface area contributed by atoms with E-state index in [1.807, 2.05) is 0 Å². The van der Waals surface area contributed by atoms with E-state index in [2.05, 4.69) is 4.98 Å². The van der Waals surface area contributed by atoms with Crippen LogP contribution in [0.1, 0.15) is 5.69 Å². The molecule has 0 saturated heterocycles. The Hall–Kier alpha value is -0.460. The first kappa shape index (κ1) is 10.6. The second kappa shape index (κ2) is 4.17. The van der Waals surface area contributed by atoms with E-state index in [9.17, 15) is 4.57 Å². The number of hydrogen-bond acceptors (Lipinski definition) is 5. The fourth-order valence-electron chi connectivity index (χ4n) is 0.658. The highest BCUT2D eigenvalue weighted by Gasteiger charge is 2.12. The zero-order valence-electron chi connectivity index (χ0n) is 6.58. The summed E-state index contributed by atoms with van der Waals surface area (Å²) in [4.78, 5) is 20.7. The van der Waals surface area contributed by atoms with Gasteiger partial charge in [0.15, 0.2) is 5.13 Å². The van der Waals surface area contributed by atoms with Crippen molar-refractivity contribution >= 4 is 24.1 Å². The molecule has 0 radical (unpaired) electrons. The Balaban J connectivity index is 2.32. The van der Waals surface area contributed by atoms with E-state index in [-0.39, 0.29) is 6.61 Å². The van der Waals surface area contributed by atoms with Crippen LogP contribution in [0.2, 0.25) is 0 Å². The molecule has 13 heavy (non-hydrogen) atoms. The van der Waals surface area contributed by atoms with Gasteiger partial charge in [-0.3, -0.25) is 4.57 Å². The summed E-state index contributed by atoms with van der Waals surface area (Å²) in [6, 6.07) is 0. The zero-order valence-corrected chi connectivity index (χ0v) is 8.29. The summed E-state index contributed by atoms with van der Waals surface area (Å²) in [6.45, 7) is 0.0683. The van der Waals surface area contributed by atoms with Crippen molar-refractivity contribution in [3.8, 4) is 0 Å². The maximum absolute atomic E-state index is 10.4. The van der Waals surface area contributed by atoms with E-state index in [4.69, 9.17) is 20.3 Å². The van der Waals surface area contributed by atoms with Gasteiger partial charge in [0, 0.05) is 5.38 Å². The van der Waals surface area contributed by atoms with E-state index in [0.29, 0.717) is 10.8 Å². The third kappa shape index (κ3) is 4.35. The van der Waals surface area contributed by atoms with Gasteiger partial charge in [-0.2, -0.15) is 0 Å². The van der Waals surface area contributed by atoms with Crippen LogP contribution in [0.25, 0.3) is 0 Å². The molecule has 0 fully saturated rings. The lowest BCUT2D eigenvalue weighted by atomic mass is 10.5. The van der Waals surface area contributed by atoms with Gasteiger partial charge < -0.3 is 20.3 Å². The Morgan fingerprint density at radius 2 is 2.38 bits per heavy atom. The Morgan fingerprint density at radius 1 is 1.69 bits per heavy atom. The highest BCUT2D eigenvalue weighted by molar-refractivity contribution is 7.51. The van der Waals surface area contributed by atoms with Gasteiger partial charge in [0.25, 0.3) is 0 Å². The molecular formula is C5H9N2O4PS. The van der Waals surface area contributed by atoms with Gasteiger partial charge in [0.2, 0.25) is 0 Å². The number of nitrogens with two attached hydrogens (primary N) is 1. The quantitative estimate of drug-likeness (QED) is 0.638. The van der Waals surface area contributed by atoms with Crippen LogP contribution in [0, 0.1) is 0 Å². The van der Waals surface area contributed by atoms with Crippen LogP contribution in [0.15, 0.2) is 5.38 Å². The van der Waals surface area contributed by atoms with E-state index in [1.165, 1.54) is 11.3 Å². The predicted molar refractivity (Wildman–Crippen MR) is 48.2 cm³/mol. The topological polar surface area (TPSA) is 106 Å². The van der Waals surface area contributed by atoms with Crippen LogP contribution < -0.4 is 5.73 Å². The summed E-state index contributed by atoms with van der Waals surface area (Å²) in [5, 5.41) is 2.09. The fourth-order valence-corrected chi connectivity index (χ4v) is 1.53. The molecule has 0 unspecified atom stereocenters. The van der Waals surface area contributed by atoms with Crippen LogP contribution >= 0.6 is 18.9 Å². The maximum Gasteiger partial charge on any atom is 0.350 e. The normalized spacial score (nSPS) is 11.8. The van der Waals surface area contributed by atoms with Gasteiger partial charge in [0.05, 0.1) is 12.3 Å². The van der Waals surface area contributed by atoms with Crippen LogP contribution in [0.4, 0.5) is 5.13 Å². The minimum absolute atomic E-state index is 0.0683. The molecule has 1 rings (SSSR count). The summed E-state index contributed by atoms with van der Waals surface area (Å²) < 4.78 is 15.1. The van der Waals surface area contributed by atoms with Crippen LogP contribution in [-0.4, -0.2) is 21.1 Å². The second-order valence-corrected chi connectivity index (χ2v) is 4.80. The summed E-state index contributed by atoms with van der Waals surface area (Å²) in [5.41, 5.74) is 5.91. The van der Waals surface area contributed by atoms with Crippen LogP contribution in [-0.2, 0) is 15.9 Å². The summed E-state index contributed by atoms with van der Waals surface area (Å²) in [6.07, 6.45) is -0.593. The lowest BCUT2D eigenvalue weighted by Gasteiger charge is -2.02. The largest absolute Gasteiger partial charge is 0.375 e. The first-order valence-electron chi connectivity index (χ1n) is 3.29. The van der Waals surface area contributed by atoms with Gasteiger partial charge in [-0.25, -0.2) is 4.98 Å². The summed E-state index contributed by atoms with van der Waals surface area (Å²) in [5.74, 6) is 0. The van der Waals surface area contributed by atoms with Crippen molar-refractivity contribution in [1.29, 1.82) is 0 Å². The minimum atomic E-state index is -4.07. The van der Waals surface area contributed by atoms with Crippen LogP contribution in [0.5, 0.6) is 0 Å². The van der Waals surface area contributed by atoms with Crippen molar-refractivity contribution in [3.05, 3.63) is 11.1 Å². The molecule has 0 aliphatic carbocycles. The van der Waals surface area contributed by atoms with Crippen LogP contribution in [0.3, 0.4) is 0 Å². The third-order valence-electron chi connectivity index (χ3n) is 1.08. The molecule has 74 valence electrons. The number of hydrogen-bond donors (Lipinski definition) is 3. The SMILES string of the molecule is Nc1nc(COCP(=O)(O)O)cs1. The molecule has 1 aromatic heterocycles. The molecule has 6 nitrogen and oxygen atoms in total. The number of nitrogen functional groups attached to an aromatic ring is 1. The monoisotopic (exact) mass is 224 g/mol. The average Bonchev–Trinajstić information content (AvgIpc) is 2.33. The van der Waals surface area contributed by atoms with Crippen molar-refractivity contribution in [2.75, 3.05) is 12.1 Å². The molecular weight excluding hydrogens is 215 g/mol. The van der Waals surface area contributed by atoms with E-state index >= 15 is 0 Å². The molecule has 0 bridgehead atoms. The number of anilines is 1. The molecule has 8 heteroatoms. The lowest BCUT2D eigenvalue weighted by molar-refractivity contribution is 0.142. The smallest absolute Gasteiger partial charge is 0.350 e. The lowest BCUT2D eigenvalue weighted by Crippen LogP contribution is -1.96. The number of rotatable bonds is 4. The number of ether oxygens (including phenoxy) is 1. The van der Waals surface area contributed by atoms with Crippen molar-refractivity contribution in [2.24, 2.45) is 0 Å². The molecule has 0 aliphatic rings. The Kier molecular flexibility index (Phi) is 3.40. The molecule has 0 saturated carbocycles. The number of thiazole rings is 1. The highest BCUT2D eigenvalue weighted by Crippen LogP contribution is 2.34. The first-order chi connectivity index (χ1) is 5.97. The minimum Gasteiger partial charge on any atom is -0.375 e. The molecule has 0 atom stereocenters. The molecule has 0 aromatic carbocycles. The van der Waals surface area contributed by atoms with Crippen molar-refractivity contribution in [3.63, 3.8) is 0 Å². The summed E-state index contributed by atoms with van der Waals surface area (Å²) >= 11 is 1.25. The Labute approximate surface area is 78.5 Å². The molecule has 0 spiro atoms. The van der Waals surface area contributed by atoms with Crippen molar-refractivity contribution in [2.45, 2.75) is 6.61 Å². The number of aromatic nitrogens is 1. The zero-order chi connectivity index (χ0) is 9.90. The van der Waals surface area contributed by atoms with Crippen molar-refractivity contribution < 1.29 is 19.1 Å². The Bertz CT molecular complexity index is 322. The Morgan fingerprint density at radius 3 is 2.85 bits per heavy atom. The van der Waals surface area contributed by atoms with Gasteiger partial charge >= 0.3 is 7.60 Å². The molecule has 1 heterocycles. The van der Waals surface area contributed by atoms with E-state index in [0.717, 1.165) is 0 Å². The molecule has 1 aromatic rings. The standard InChI is InChI=1S/C5H9N2O4PS/c6-5-7-4(2-13-5)1-11-3-12(8,9)10/h2H,1,3H2,(H2,6,7)(H2,8,9,10). The first-order valence-corrected chi connectivity index (χ1v) is 5.97. The second-order valence-electron chi connectivity index (χ2n) is 2.32. The predicted octanol–water partition coefficient (Wildman–Crippen LogP) is 0.377. The van der Waals surface area contributed by atoms with E-state index in [1.54, 1.807) is 5.38 Å².